The first-order chi connectivity index (χ1) is 8.04. The van der Waals surface area contributed by atoms with Gasteiger partial charge in [-0.3, -0.25) is 15.0 Å². The van der Waals surface area contributed by atoms with Crippen LogP contribution in [0.3, 0.4) is 0 Å². The molecule has 2 rings (SSSR count). The zero-order valence-electron chi connectivity index (χ0n) is 8.88. The highest BCUT2D eigenvalue weighted by molar-refractivity contribution is 6.21. The molecular weight excluding hydrogens is 252 g/mol. The molecule has 0 aromatic rings. The molecule has 0 bridgehead atoms. The molecule has 8 heteroatoms. The summed E-state index contributed by atoms with van der Waals surface area (Å²) >= 11 is 5.94. The third kappa shape index (κ3) is 2.23. The van der Waals surface area contributed by atoms with Crippen molar-refractivity contribution in [1.29, 1.82) is 0 Å². The maximum absolute atomic E-state index is 11.6. The molecule has 0 saturated carbocycles. The van der Waals surface area contributed by atoms with Gasteiger partial charge in [0.2, 0.25) is 5.91 Å². The van der Waals surface area contributed by atoms with Gasteiger partial charge in [0.05, 0.1) is 6.61 Å². The van der Waals surface area contributed by atoms with Gasteiger partial charge in [-0.15, -0.1) is 11.6 Å². The summed E-state index contributed by atoms with van der Waals surface area (Å²) in [5.41, 5.74) is 0. The van der Waals surface area contributed by atoms with E-state index in [1.165, 1.54) is 4.90 Å². The summed E-state index contributed by atoms with van der Waals surface area (Å²) in [6.07, 6.45) is -2.53. The SMILES string of the molecule is O=C1CCN(C2OC(CO)C(O)C2Cl)C(=O)N1. The molecule has 0 radical (unpaired) electrons. The Hall–Kier alpha value is -0.890. The van der Waals surface area contributed by atoms with Crippen LogP contribution in [-0.2, 0) is 9.53 Å². The Morgan fingerprint density at radius 1 is 1.53 bits per heavy atom. The third-order valence-corrected chi connectivity index (χ3v) is 3.34. The Morgan fingerprint density at radius 3 is 2.76 bits per heavy atom. The smallest absolute Gasteiger partial charge is 0.326 e. The highest BCUT2D eigenvalue weighted by Gasteiger charge is 2.47. The standard InChI is InChI=1S/C9H13ClN2O5/c10-6-7(15)4(3-13)17-8(6)12-2-1-5(14)11-9(12)16/h4,6-8,13,15H,1-3H2,(H,11,14,16). The van der Waals surface area contributed by atoms with Crippen molar-refractivity contribution in [3.63, 3.8) is 0 Å². The summed E-state index contributed by atoms with van der Waals surface area (Å²) in [6, 6.07) is -0.595. The van der Waals surface area contributed by atoms with Crippen molar-refractivity contribution in [2.75, 3.05) is 13.2 Å². The number of ether oxygens (including phenoxy) is 1. The van der Waals surface area contributed by atoms with Crippen LogP contribution in [0.15, 0.2) is 0 Å². The second-order valence-corrected chi connectivity index (χ2v) is 4.48. The fourth-order valence-electron chi connectivity index (χ4n) is 1.92. The fourth-order valence-corrected chi connectivity index (χ4v) is 2.28. The van der Waals surface area contributed by atoms with Gasteiger partial charge in [0.25, 0.3) is 0 Å². The Kier molecular flexibility index (Phi) is 3.53. The van der Waals surface area contributed by atoms with E-state index in [1.807, 2.05) is 0 Å². The first-order valence-corrected chi connectivity index (χ1v) is 5.67. The van der Waals surface area contributed by atoms with Crippen molar-refractivity contribution in [3.05, 3.63) is 0 Å². The molecule has 3 N–H and O–H groups in total. The molecule has 2 fully saturated rings. The Balaban J connectivity index is 2.08. The van der Waals surface area contributed by atoms with Crippen LogP contribution < -0.4 is 5.32 Å². The van der Waals surface area contributed by atoms with E-state index in [9.17, 15) is 14.7 Å². The molecule has 0 aliphatic carbocycles. The van der Waals surface area contributed by atoms with Gasteiger partial charge < -0.3 is 14.9 Å². The Labute approximate surface area is 102 Å². The monoisotopic (exact) mass is 264 g/mol. The number of aliphatic hydroxyl groups is 2. The minimum absolute atomic E-state index is 0.162. The van der Waals surface area contributed by atoms with E-state index in [4.69, 9.17) is 21.4 Å². The van der Waals surface area contributed by atoms with Gasteiger partial charge in [-0.05, 0) is 0 Å². The summed E-state index contributed by atoms with van der Waals surface area (Å²) in [5, 5.41) is 19.9. The van der Waals surface area contributed by atoms with Crippen LogP contribution in [0.4, 0.5) is 4.79 Å². The second kappa shape index (κ2) is 4.77. The second-order valence-electron chi connectivity index (χ2n) is 3.98. The fraction of sp³-hybridized carbons (Fsp3) is 0.778. The van der Waals surface area contributed by atoms with Crippen molar-refractivity contribution in [3.8, 4) is 0 Å². The number of nitrogens with one attached hydrogen (secondary N) is 1. The van der Waals surface area contributed by atoms with Crippen LogP contribution in [-0.4, -0.2) is 64.0 Å². The summed E-state index contributed by atoms with van der Waals surface area (Å²) in [6.45, 7) is -0.196. The summed E-state index contributed by atoms with van der Waals surface area (Å²) < 4.78 is 5.30. The highest BCUT2D eigenvalue weighted by Crippen LogP contribution is 2.29. The van der Waals surface area contributed by atoms with Crippen molar-refractivity contribution >= 4 is 23.5 Å². The van der Waals surface area contributed by atoms with E-state index in [0.29, 0.717) is 0 Å². The number of aliphatic hydroxyl groups excluding tert-OH is 2. The van der Waals surface area contributed by atoms with E-state index < -0.39 is 29.8 Å². The van der Waals surface area contributed by atoms with Crippen molar-refractivity contribution < 1.29 is 24.5 Å². The number of alkyl halides is 1. The van der Waals surface area contributed by atoms with E-state index >= 15 is 0 Å². The van der Waals surface area contributed by atoms with Crippen LogP contribution in [0, 0.1) is 0 Å². The quantitative estimate of drug-likeness (QED) is 0.534. The van der Waals surface area contributed by atoms with Crippen LogP contribution in [0.25, 0.3) is 0 Å². The van der Waals surface area contributed by atoms with Crippen LogP contribution in [0.5, 0.6) is 0 Å². The lowest BCUT2D eigenvalue weighted by Crippen LogP contribution is -2.55. The molecule has 3 amide bonds. The van der Waals surface area contributed by atoms with Crippen LogP contribution >= 0.6 is 11.6 Å². The first-order valence-electron chi connectivity index (χ1n) is 5.23. The average molecular weight is 265 g/mol. The molecule has 2 aliphatic heterocycles. The molecule has 96 valence electrons. The maximum Gasteiger partial charge on any atom is 0.326 e. The third-order valence-electron chi connectivity index (χ3n) is 2.87. The largest absolute Gasteiger partial charge is 0.394 e. The molecule has 4 atom stereocenters. The number of hydrogen-bond donors (Lipinski definition) is 3. The lowest BCUT2D eigenvalue weighted by atomic mass is 10.1. The number of nitrogens with zero attached hydrogens (tertiary/aromatic N) is 1. The van der Waals surface area contributed by atoms with Crippen molar-refractivity contribution in [2.45, 2.75) is 30.2 Å². The van der Waals surface area contributed by atoms with Gasteiger partial charge in [-0.25, -0.2) is 4.79 Å². The molecule has 0 aromatic carbocycles. The number of carbonyl (C=O) groups is 2. The van der Waals surface area contributed by atoms with E-state index in [-0.39, 0.29) is 25.5 Å². The summed E-state index contributed by atoms with van der Waals surface area (Å²) in [5.74, 6) is -0.352. The van der Waals surface area contributed by atoms with Gasteiger partial charge >= 0.3 is 6.03 Å². The molecule has 7 nitrogen and oxygen atoms in total. The molecule has 17 heavy (non-hydrogen) atoms. The minimum atomic E-state index is -1.04. The van der Waals surface area contributed by atoms with Crippen LogP contribution in [0.2, 0.25) is 0 Å². The molecular formula is C9H13ClN2O5. The topological polar surface area (TPSA) is 99.1 Å². The number of urea groups is 1. The zero-order chi connectivity index (χ0) is 12.6. The first kappa shape index (κ1) is 12.6. The minimum Gasteiger partial charge on any atom is -0.394 e. The molecule has 0 spiro atoms. The van der Waals surface area contributed by atoms with E-state index in [0.717, 1.165) is 0 Å². The number of amides is 3. The predicted molar refractivity (Wildman–Crippen MR) is 56.3 cm³/mol. The number of carbonyl (C=O) groups excluding carboxylic acids is 2. The molecule has 0 aromatic heterocycles. The van der Waals surface area contributed by atoms with Crippen molar-refractivity contribution in [2.24, 2.45) is 0 Å². The molecule has 4 unspecified atom stereocenters. The maximum atomic E-state index is 11.6. The molecule has 2 saturated heterocycles. The average Bonchev–Trinajstić information content (AvgIpc) is 2.57. The van der Waals surface area contributed by atoms with Gasteiger partial charge in [0, 0.05) is 13.0 Å². The molecule has 2 heterocycles. The van der Waals surface area contributed by atoms with Gasteiger partial charge in [-0.1, -0.05) is 0 Å². The highest BCUT2D eigenvalue weighted by atomic mass is 35.5. The van der Waals surface area contributed by atoms with Gasteiger partial charge in [0.15, 0.2) is 6.23 Å². The van der Waals surface area contributed by atoms with E-state index in [1.54, 1.807) is 0 Å². The Morgan fingerprint density at radius 2 is 2.24 bits per heavy atom. The summed E-state index contributed by atoms with van der Waals surface area (Å²) in [4.78, 5) is 23.8. The number of rotatable bonds is 2. The van der Waals surface area contributed by atoms with E-state index in [2.05, 4.69) is 5.32 Å². The van der Waals surface area contributed by atoms with Crippen LogP contribution in [0.1, 0.15) is 6.42 Å². The van der Waals surface area contributed by atoms with Gasteiger partial charge in [0.1, 0.15) is 17.6 Å². The molecule has 2 aliphatic rings. The Bertz CT molecular complexity index is 339. The predicted octanol–water partition coefficient (Wildman–Crippen LogP) is -1.39. The lowest BCUT2D eigenvalue weighted by molar-refractivity contribution is -0.123. The normalized spacial score (nSPS) is 38.4. The van der Waals surface area contributed by atoms with Gasteiger partial charge in [-0.2, -0.15) is 0 Å². The summed E-state index contributed by atoms with van der Waals surface area (Å²) in [7, 11) is 0. The lowest BCUT2D eigenvalue weighted by Gasteiger charge is -2.32. The number of imide groups is 1. The number of hydrogen-bond acceptors (Lipinski definition) is 5. The number of halogens is 1. The van der Waals surface area contributed by atoms with Crippen molar-refractivity contribution in [1.82, 2.24) is 10.2 Å². The zero-order valence-corrected chi connectivity index (χ0v) is 9.63.